The number of rotatable bonds is 7. The molecule has 0 aliphatic rings. The molecule has 11 aromatic carbocycles. The topological polar surface area (TPSA) is 21.3 Å². The molecule has 0 atom stereocenters. The van der Waals surface area contributed by atoms with Crippen molar-refractivity contribution in [3.63, 3.8) is 0 Å². The van der Waals surface area contributed by atoms with Gasteiger partial charge in [0.1, 0.15) is 11.2 Å². The molecule has 0 aliphatic carbocycles. The Morgan fingerprint density at radius 2 is 1.00 bits per heavy atom. The van der Waals surface area contributed by atoms with Gasteiger partial charge in [-0.25, -0.2) is 0 Å². The second-order valence-electron chi connectivity index (χ2n) is 17.6. The van der Waals surface area contributed by atoms with Crippen LogP contribution in [0.5, 0.6) is 0 Å². The van der Waals surface area contributed by atoms with Gasteiger partial charge in [-0.05, 0) is 112 Å². The van der Waals surface area contributed by atoms with E-state index in [0.717, 1.165) is 55.8 Å². The van der Waals surface area contributed by atoms with Crippen LogP contribution in [0, 0.1) is 0 Å². The van der Waals surface area contributed by atoms with E-state index in [-0.39, 0.29) is 0 Å². The van der Waals surface area contributed by atoms with Crippen molar-refractivity contribution in [1.82, 2.24) is 4.57 Å². The molecule has 3 heterocycles. The Bertz CT molecular complexity index is 4230. The Balaban J connectivity index is 0.978. The van der Waals surface area contributed by atoms with E-state index in [1.165, 1.54) is 75.0 Å². The van der Waals surface area contributed by atoms with Gasteiger partial charge in [0, 0.05) is 64.2 Å². The summed E-state index contributed by atoms with van der Waals surface area (Å²) in [6.07, 6.45) is 0. The summed E-state index contributed by atoms with van der Waals surface area (Å²) in [5, 5.41) is 9.71. The third kappa shape index (κ3) is 6.12. The lowest BCUT2D eigenvalue weighted by Crippen LogP contribution is -2.10. The molecule has 0 saturated carbocycles. The summed E-state index contributed by atoms with van der Waals surface area (Å²) in [5.74, 6) is 0. The standard InChI is InChI=1S/C64H40N2OS/c1-2-15-43-38-45(29-28-41(43)14-1)44-16-13-17-48(39-44)65(47-33-30-42(31-34-47)46-32-37-61-55(40-46)52-21-6-11-26-60(52)67-61)59-36-35-53(64-63(59)54-22-7-12-27-62(54)68-64)51-20-5-10-25-58(51)66-56-23-8-3-18-49(56)50-19-4-9-24-57(50)66/h1-40H. The first kappa shape index (κ1) is 38.6. The van der Waals surface area contributed by atoms with Crippen molar-refractivity contribution in [2.45, 2.75) is 0 Å². The van der Waals surface area contributed by atoms with E-state index < -0.39 is 0 Å². The molecule has 0 bridgehead atoms. The molecule has 0 spiro atoms. The molecule has 0 radical (unpaired) electrons. The average Bonchev–Trinajstić information content (AvgIpc) is 4.09. The maximum atomic E-state index is 6.20. The van der Waals surface area contributed by atoms with E-state index in [1.807, 2.05) is 23.5 Å². The molecule has 0 fully saturated rings. The van der Waals surface area contributed by atoms with E-state index in [2.05, 4.69) is 240 Å². The minimum absolute atomic E-state index is 0.900. The smallest absolute Gasteiger partial charge is 0.135 e. The first-order valence-electron chi connectivity index (χ1n) is 23.2. The van der Waals surface area contributed by atoms with Crippen LogP contribution in [0.15, 0.2) is 247 Å². The number of hydrogen-bond donors (Lipinski definition) is 0. The number of aromatic nitrogens is 1. The maximum absolute atomic E-state index is 6.20. The van der Waals surface area contributed by atoms with Gasteiger partial charge in [0.05, 0.1) is 22.4 Å². The van der Waals surface area contributed by atoms with Crippen LogP contribution in [-0.4, -0.2) is 4.57 Å². The predicted octanol–water partition coefficient (Wildman–Crippen LogP) is 18.7. The fraction of sp³-hybridized carbons (Fsp3) is 0. The zero-order valence-electron chi connectivity index (χ0n) is 36.8. The number of fused-ring (bicyclic) bond motifs is 10. The van der Waals surface area contributed by atoms with Gasteiger partial charge < -0.3 is 13.9 Å². The van der Waals surface area contributed by atoms with Gasteiger partial charge in [-0.1, -0.05) is 164 Å². The summed E-state index contributed by atoms with van der Waals surface area (Å²) in [4.78, 5) is 2.46. The van der Waals surface area contributed by atoms with Crippen molar-refractivity contribution < 1.29 is 4.42 Å². The van der Waals surface area contributed by atoms with Crippen LogP contribution >= 0.6 is 11.3 Å². The third-order valence-electron chi connectivity index (χ3n) is 13.8. The van der Waals surface area contributed by atoms with E-state index in [0.29, 0.717) is 0 Å². The molecule has 0 saturated heterocycles. The van der Waals surface area contributed by atoms with Gasteiger partial charge in [-0.3, -0.25) is 0 Å². The molecule has 0 N–H and O–H groups in total. The van der Waals surface area contributed by atoms with E-state index in [4.69, 9.17) is 4.42 Å². The number of anilines is 3. The monoisotopic (exact) mass is 884 g/mol. The van der Waals surface area contributed by atoms with Crippen LogP contribution in [0.1, 0.15) is 0 Å². The first-order chi connectivity index (χ1) is 33.7. The summed E-state index contributed by atoms with van der Waals surface area (Å²) in [5.41, 5.74) is 15.7. The number of para-hydroxylation sites is 4. The van der Waals surface area contributed by atoms with Crippen LogP contribution < -0.4 is 4.90 Å². The Morgan fingerprint density at radius 1 is 0.368 bits per heavy atom. The zero-order chi connectivity index (χ0) is 44.7. The predicted molar refractivity (Wildman–Crippen MR) is 289 cm³/mol. The Morgan fingerprint density at radius 3 is 1.84 bits per heavy atom. The Hall–Kier alpha value is -8.70. The number of benzene rings is 11. The quantitative estimate of drug-likeness (QED) is 0.159. The number of nitrogens with zero attached hydrogens (tertiary/aromatic N) is 2. The van der Waals surface area contributed by atoms with Gasteiger partial charge in [-0.15, -0.1) is 11.3 Å². The first-order valence-corrected chi connectivity index (χ1v) is 24.0. The summed E-state index contributed by atoms with van der Waals surface area (Å²) in [7, 11) is 0. The average molecular weight is 885 g/mol. The molecular weight excluding hydrogens is 845 g/mol. The highest BCUT2D eigenvalue weighted by Gasteiger charge is 2.24. The Kier molecular flexibility index (Phi) is 8.76. The second-order valence-corrected chi connectivity index (χ2v) is 18.7. The summed E-state index contributed by atoms with van der Waals surface area (Å²) >= 11 is 1.88. The van der Waals surface area contributed by atoms with Crippen molar-refractivity contribution in [3.05, 3.63) is 243 Å². The van der Waals surface area contributed by atoms with Crippen molar-refractivity contribution in [3.8, 4) is 39.1 Å². The molecule has 68 heavy (non-hydrogen) atoms. The molecule has 0 aliphatic heterocycles. The van der Waals surface area contributed by atoms with Gasteiger partial charge in [0.15, 0.2) is 0 Å². The minimum Gasteiger partial charge on any atom is -0.456 e. The minimum atomic E-state index is 0.900. The van der Waals surface area contributed by atoms with E-state index in [9.17, 15) is 0 Å². The lowest BCUT2D eigenvalue weighted by atomic mass is 9.97. The van der Waals surface area contributed by atoms with Crippen molar-refractivity contribution >= 4 is 103 Å². The zero-order valence-corrected chi connectivity index (χ0v) is 37.6. The second kappa shape index (κ2) is 15.5. The number of hydrogen-bond acceptors (Lipinski definition) is 3. The summed E-state index contributed by atoms with van der Waals surface area (Å²) in [6.45, 7) is 0. The molecule has 3 aromatic heterocycles. The van der Waals surface area contributed by atoms with Gasteiger partial charge in [-0.2, -0.15) is 0 Å². The lowest BCUT2D eigenvalue weighted by molar-refractivity contribution is 0.669. The number of thiophene rings is 1. The fourth-order valence-electron chi connectivity index (χ4n) is 10.6. The SMILES string of the molecule is c1cc(-c2ccc3ccccc3c2)cc(N(c2ccc(-c3ccc4oc5ccccc5c4c3)cc2)c2ccc(-c3ccccc3-n3c4ccccc4c4ccccc43)c3sc4ccccc4c23)c1. The molecule has 0 amide bonds. The molecule has 3 nitrogen and oxygen atoms in total. The largest absolute Gasteiger partial charge is 0.456 e. The highest BCUT2D eigenvalue weighted by molar-refractivity contribution is 7.26. The highest BCUT2D eigenvalue weighted by Crippen LogP contribution is 2.50. The normalized spacial score (nSPS) is 11.8. The molecule has 0 unspecified atom stereocenters. The van der Waals surface area contributed by atoms with Crippen molar-refractivity contribution in [2.75, 3.05) is 4.90 Å². The van der Waals surface area contributed by atoms with Crippen LogP contribution in [0.4, 0.5) is 17.1 Å². The molecule has 4 heteroatoms. The van der Waals surface area contributed by atoms with Crippen molar-refractivity contribution in [2.24, 2.45) is 0 Å². The van der Waals surface area contributed by atoms with Crippen LogP contribution in [0.2, 0.25) is 0 Å². The lowest BCUT2D eigenvalue weighted by Gasteiger charge is -2.28. The van der Waals surface area contributed by atoms with Gasteiger partial charge >= 0.3 is 0 Å². The molecule has 318 valence electrons. The van der Waals surface area contributed by atoms with Gasteiger partial charge in [0.25, 0.3) is 0 Å². The van der Waals surface area contributed by atoms with E-state index in [1.54, 1.807) is 0 Å². The van der Waals surface area contributed by atoms with Crippen molar-refractivity contribution in [1.29, 1.82) is 0 Å². The number of furan rings is 1. The van der Waals surface area contributed by atoms with E-state index >= 15 is 0 Å². The Labute approximate surface area is 396 Å². The molecule has 14 aromatic rings. The van der Waals surface area contributed by atoms with Gasteiger partial charge in [0.2, 0.25) is 0 Å². The fourth-order valence-corrected chi connectivity index (χ4v) is 11.9. The summed E-state index contributed by atoms with van der Waals surface area (Å²) < 4.78 is 11.2. The highest BCUT2D eigenvalue weighted by atomic mass is 32.1. The summed E-state index contributed by atoms with van der Waals surface area (Å²) in [6, 6.07) is 88.4. The molecule has 14 rings (SSSR count). The maximum Gasteiger partial charge on any atom is 0.135 e. The van der Waals surface area contributed by atoms with Crippen LogP contribution in [-0.2, 0) is 0 Å². The molecular formula is C64H40N2OS. The third-order valence-corrected chi connectivity index (χ3v) is 15.0. The van der Waals surface area contributed by atoms with Crippen LogP contribution in [0.25, 0.3) is 114 Å². The van der Waals surface area contributed by atoms with Crippen LogP contribution in [0.3, 0.4) is 0 Å².